The maximum absolute atomic E-state index is 12.2. The number of rotatable bonds is 12. The van der Waals surface area contributed by atoms with E-state index < -0.39 is 78.9 Å². The molecule has 10 N–H and O–H groups in total. The molecule has 0 aromatic rings. The fraction of sp³-hybridized carbons (Fsp3) is 0.600. The molecule has 3 atom stereocenters. The average molecular weight is 402 g/mol. The lowest BCUT2D eigenvalue weighted by molar-refractivity contribution is -0.143. The molecule has 0 spiro atoms. The quantitative estimate of drug-likeness (QED) is 0.169. The smallest absolute Gasteiger partial charge is 0.326 e. The van der Waals surface area contributed by atoms with E-state index in [9.17, 15) is 28.8 Å². The van der Waals surface area contributed by atoms with Gasteiger partial charge in [0.25, 0.3) is 0 Å². The number of amides is 5. The lowest BCUT2D eigenvalue weighted by atomic mass is 10.0. The molecule has 3 unspecified atom stereocenters. The van der Waals surface area contributed by atoms with Crippen molar-refractivity contribution in [2.75, 3.05) is 6.54 Å². The van der Waals surface area contributed by atoms with Gasteiger partial charge in [-0.15, -0.1) is 0 Å². The van der Waals surface area contributed by atoms with Crippen molar-refractivity contribution < 1.29 is 33.9 Å². The fourth-order valence-electron chi connectivity index (χ4n) is 2.03. The van der Waals surface area contributed by atoms with Crippen molar-refractivity contribution in [2.24, 2.45) is 23.1 Å². The second-order valence-electron chi connectivity index (χ2n) is 6.35. The third-order valence-electron chi connectivity index (χ3n) is 3.47. The van der Waals surface area contributed by atoms with Crippen molar-refractivity contribution in [1.29, 1.82) is 0 Å². The normalized spacial score (nSPS) is 13.7. The van der Waals surface area contributed by atoms with Gasteiger partial charge in [-0.05, 0) is 5.92 Å². The molecular weight excluding hydrogens is 376 g/mol. The van der Waals surface area contributed by atoms with Crippen LogP contribution in [0.2, 0.25) is 0 Å². The Kier molecular flexibility index (Phi) is 10.2. The van der Waals surface area contributed by atoms with Crippen LogP contribution < -0.4 is 33.2 Å². The molecular formula is C15H26N6O7. The Labute approximate surface area is 160 Å². The second-order valence-corrected chi connectivity index (χ2v) is 6.35. The molecule has 0 fully saturated rings. The molecule has 0 rings (SSSR count). The zero-order valence-electron chi connectivity index (χ0n) is 15.6. The van der Waals surface area contributed by atoms with Crippen molar-refractivity contribution in [2.45, 2.75) is 44.8 Å². The number of carbonyl (C=O) groups excluding carboxylic acids is 5. The molecule has 28 heavy (non-hydrogen) atoms. The zero-order valence-corrected chi connectivity index (χ0v) is 15.6. The predicted molar refractivity (Wildman–Crippen MR) is 94.9 cm³/mol. The number of primary amides is 2. The molecule has 0 saturated carbocycles. The predicted octanol–water partition coefficient (Wildman–Crippen LogP) is -4.11. The molecule has 13 heteroatoms. The van der Waals surface area contributed by atoms with E-state index in [1.807, 2.05) is 0 Å². The highest BCUT2D eigenvalue weighted by Crippen LogP contribution is 2.03. The molecule has 0 aliphatic rings. The van der Waals surface area contributed by atoms with Gasteiger partial charge in [0, 0.05) is 0 Å². The lowest BCUT2D eigenvalue weighted by Crippen LogP contribution is -2.55. The zero-order chi connectivity index (χ0) is 22.0. The van der Waals surface area contributed by atoms with Gasteiger partial charge in [-0.2, -0.15) is 0 Å². The first-order chi connectivity index (χ1) is 12.8. The van der Waals surface area contributed by atoms with Crippen LogP contribution in [-0.4, -0.2) is 65.3 Å². The van der Waals surface area contributed by atoms with E-state index in [1.54, 1.807) is 13.8 Å². The van der Waals surface area contributed by atoms with Gasteiger partial charge in [0.1, 0.15) is 12.1 Å². The number of carbonyl (C=O) groups is 6. The molecule has 158 valence electrons. The monoisotopic (exact) mass is 402 g/mol. The maximum Gasteiger partial charge on any atom is 0.326 e. The van der Waals surface area contributed by atoms with Crippen molar-refractivity contribution in [3.63, 3.8) is 0 Å². The molecule has 0 saturated heterocycles. The molecule has 0 heterocycles. The summed E-state index contributed by atoms with van der Waals surface area (Å²) in [5, 5.41) is 15.6. The number of nitrogens with one attached hydrogen (secondary N) is 3. The Morgan fingerprint density at radius 2 is 1.43 bits per heavy atom. The van der Waals surface area contributed by atoms with Gasteiger partial charge in [-0.3, -0.25) is 24.0 Å². The van der Waals surface area contributed by atoms with Gasteiger partial charge in [-0.25, -0.2) is 4.79 Å². The highest BCUT2D eigenvalue weighted by Gasteiger charge is 2.29. The minimum Gasteiger partial charge on any atom is -0.480 e. The summed E-state index contributed by atoms with van der Waals surface area (Å²) < 4.78 is 0. The van der Waals surface area contributed by atoms with E-state index in [-0.39, 0.29) is 0 Å². The number of hydrogen-bond donors (Lipinski definition) is 7. The summed E-state index contributed by atoms with van der Waals surface area (Å²) in [7, 11) is 0. The van der Waals surface area contributed by atoms with Crippen molar-refractivity contribution >= 4 is 35.5 Å². The largest absolute Gasteiger partial charge is 0.480 e. The minimum absolute atomic E-state index is 0.425. The van der Waals surface area contributed by atoms with Crippen LogP contribution in [0.25, 0.3) is 0 Å². The topological polar surface area (TPSA) is 237 Å². The molecule has 0 radical (unpaired) electrons. The third kappa shape index (κ3) is 9.47. The molecule has 5 amide bonds. The summed E-state index contributed by atoms with van der Waals surface area (Å²) in [6, 6.07) is -3.94. The van der Waals surface area contributed by atoms with Gasteiger partial charge in [0.05, 0.1) is 25.4 Å². The summed E-state index contributed by atoms with van der Waals surface area (Å²) in [5.74, 6) is -6.08. The second kappa shape index (κ2) is 11.5. The Morgan fingerprint density at radius 1 is 0.893 bits per heavy atom. The van der Waals surface area contributed by atoms with Crippen LogP contribution >= 0.6 is 0 Å². The summed E-state index contributed by atoms with van der Waals surface area (Å²) in [6.07, 6.45) is -1.01. The van der Waals surface area contributed by atoms with E-state index >= 15 is 0 Å². The summed E-state index contributed by atoms with van der Waals surface area (Å²) in [6.45, 7) is 2.51. The summed E-state index contributed by atoms with van der Waals surface area (Å²) in [4.78, 5) is 68.9. The first kappa shape index (κ1) is 24.8. The number of carboxylic acids is 1. The van der Waals surface area contributed by atoms with Crippen LogP contribution in [0.1, 0.15) is 26.7 Å². The van der Waals surface area contributed by atoms with Gasteiger partial charge >= 0.3 is 5.97 Å². The van der Waals surface area contributed by atoms with Gasteiger partial charge in [0.2, 0.25) is 29.5 Å². The number of carboxylic acid groups (broad SMARTS) is 1. The highest BCUT2D eigenvalue weighted by molar-refractivity contribution is 5.95. The molecule has 0 bridgehead atoms. The molecule has 0 aliphatic carbocycles. The Morgan fingerprint density at radius 3 is 1.86 bits per heavy atom. The van der Waals surface area contributed by atoms with Crippen LogP contribution in [0.5, 0.6) is 0 Å². The summed E-state index contributed by atoms with van der Waals surface area (Å²) in [5.41, 5.74) is 15.4. The average Bonchev–Trinajstić information content (AvgIpc) is 2.54. The van der Waals surface area contributed by atoms with E-state index in [0.717, 1.165) is 0 Å². The number of hydrogen-bond acceptors (Lipinski definition) is 7. The maximum atomic E-state index is 12.2. The van der Waals surface area contributed by atoms with Gasteiger partial charge < -0.3 is 38.3 Å². The SMILES string of the molecule is CC(C)C(NC(=O)C(CC(N)=O)NC(=O)CNC(=O)C(N)CC(N)=O)C(=O)O. The Balaban J connectivity index is 4.90. The first-order valence-corrected chi connectivity index (χ1v) is 8.27. The van der Waals surface area contributed by atoms with Crippen LogP contribution in [-0.2, 0) is 28.8 Å². The van der Waals surface area contributed by atoms with Gasteiger partial charge in [0.15, 0.2) is 0 Å². The van der Waals surface area contributed by atoms with Crippen LogP contribution in [0.4, 0.5) is 0 Å². The fourth-order valence-corrected chi connectivity index (χ4v) is 2.03. The Bertz CT molecular complexity index is 636. The number of nitrogens with two attached hydrogens (primary N) is 3. The van der Waals surface area contributed by atoms with E-state index in [1.165, 1.54) is 0 Å². The van der Waals surface area contributed by atoms with Crippen molar-refractivity contribution in [3.05, 3.63) is 0 Å². The molecule has 0 aliphatic heterocycles. The van der Waals surface area contributed by atoms with Crippen molar-refractivity contribution in [1.82, 2.24) is 16.0 Å². The minimum atomic E-state index is -1.44. The third-order valence-corrected chi connectivity index (χ3v) is 3.47. The Hall–Kier alpha value is -3.22. The van der Waals surface area contributed by atoms with E-state index in [4.69, 9.17) is 22.3 Å². The molecule has 13 nitrogen and oxygen atoms in total. The van der Waals surface area contributed by atoms with Crippen LogP contribution in [0.15, 0.2) is 0 Å². The van der Waals surface area contributed by atoms with Crippen LogP contribution in [0.3, 0.4) is 0 Å². The van der Waals surface area contributed by atoms with Gasteiger partial charge in [-0.1, -0.05) is 13.8 Å². The van der Waals surface area contributed by atoms with E-state index in [2.05, 4.69) is 16.0 Å². The molecule has 0 aromatic heterocycles. The first-order valence-electron chi connectivity index (χ1n) is 8.27. The number of aliphatic carboxylic acids is 1. The van der Waals surface area contributed by atoms with E-state index in [0.29, 0.717) is 0 Å². The van der Waals surface area contributed by atoms with Crippen molar-refractivity contribution in [3.8, 4) is 0 Å². The highest BCUT2D eigenvalue weighted by atomic mass is 16.4. The standard InChI is InChI=1S/C15H26N6O7/c1-6(2)12(15(27)28)21-14(26)8(4-10(18)23)20-11(24)5-19-13(25)7(16)3-9(17)22/h6-8,12H,3-5,16H2,1-2H3,(H2,17,22)(H2,18,23)(H,19,25)(H,20,24)(H,21,26)(H,27,28). The lowest BCUT2D eigenvalue weighted by Gasteiger charge is -2.22. The summed E-state index contributed by atoms with van der Waals surface area (Å²) >= 11 is 0. The molecule has 0 aromatic carbocycles. The van der Waals surface area contributed by atoms with Crippen LogP contribution in [0, 0.1) is 5.92 Å².